The summed E-state index contributed by atoms with van der Waals surface area (Å²) < 4.78 is 5.93. The fourth-order valence-electron chi connectivity index (χ4n) is 0. The summed E-state index contributed by atoms with van der Waals surface area (Å²) in [6.07, 6.45) is 0. The molecule has 0 saturated heterocycles. The molecule has 0 amide bonds. The van der Waals surface area contributed by atoms with Crippen LogP contribution >= 0.6 is 0 Å². The summed E-state index contributed by atoms with van der Waals surface area (Å²) in [4.78, 5) is 9.12. The van der Waals surface area contributed by atoms with Gasteiger partial charge in [0.25, 0.3) is 0 Å². The number of rotatable bonds is 1. The number of hydrogen-bond acceptors (Lipinski definition) is 1. The Kier molecular flexibility index (Phi) is 0.422. The lowest BCUT2D eigenvalue weighted by atomic mass is 10.2. The smallest absolute Gasteiger partial charge is 0.239 e. The minimum atomic E-state index is -1.20. The van der Waals surface area contributed by atoms with Gasteiger partial charge in [-0.15, -0.1) is 0 Å². The van der Waals surface area contributed by atoms with Crippen molar-refractivity contribution in [2.45, 2.75) is 0 Å². The van der Waals surface area contributed by atoms with E-state index >= 15 is 0 Å². The second-order valence-electron chi connectivity index (χ2n) is 0.338. The molecule has 21 valence electrons. The third kappa shape index (κ3) is 2.03. The van der Waals surface area contributed by atoms with E-state index in [0.29, 0.717) is 7.81 Å². The highest BCUT2D eigenvalue weighted by Crippen LogP contribution is 1.41. The van der Waals surface area contributed by atoms with Crippen molar-refractivity contribution >= 4 is 13.7 Å². The van der Waals surface area contributed by atoms with E-state index in [-0.39, 0.29) is 0 Å². The van der Waals surface area contributed by atoms with Gasteiger partial charge in [-0.1, -0.05) is 0 Å². The molecule has 0 rings (SSSR count). The van der Waals surface area contributed by atoms with Crippen LogP contribution in [0.25, 0.3) is 0 Å². The summed E-state index contributed by atoms with van der Waals surface area (Å²) >= 11 is 0. The van der Waals surface area contributed by atoms with E-state index in [0.717, 1.165) is 0 Å². The van der Waals surface area contributed by atoms with Gasteiger partial charge < -0.3 is 5.11 Å². The van der Waals surface area contributed by atoms with Crippen LogP contribution < -0.4 is 0 Å². The van der Waals surface area contributed by atoms with Gasteiger partial charge in [-0.05, 0) is 1.34 Å². The Morgan fingerprint density at radius 1 is 2.50 bits per heavy atom. The van der Waals surface area contributed by atoms with Crippen LogP contribution in [0.4, 0.5) is 4.79 Å². The van der Waals surface area contributed by atoms with Gasteiger partial charge in [0.1, 0.15) is 0 Å². The maximum absolute atomic E-state index is 9.12. The third-order valence-corrected chi connectivity index (χ3v) is 0. The Morgan fingerprint density at radius 3 is 2.75 bits per heavy atom. The van der Waals surface area contributed by atoms with Crippen molar-refractivity contribution in [1.29, 1.82) is 1.34 Å². The Balaban J connectivity index is 2.85. The van der Waals surface area contributed by atoms with Crippen LogP contribution in [0.5, 0.6) is 0 Å². The van der Waals surface area contributed by atoms with Crippen molar-refractivity contribution in [3.63, 3.8) is 0 Å². The van der Waals surface area contributed by atoms with E-state index in [1.807, 2.05) is 0 Å². The molecule has 0 spiro atoms. The van der Waals surface area contributed by atoms with Crippen LogP contribution in [-0.2, 0) is 0 Å². The molecular formula is CH2BO2. The first-order valence-electron chi connectivity index (χ1n) is 1.29. The quantitative estimate of drug-likeness (QED) is 0.415. The second kappa shape index (κ2) is 0.929. The molecule has 0 bridgehead atoms. The predicted octanol–water partition coefficient (Wildman–Crippen LogP) is -0.435. The van der Waals surface area contributed by atoms with Crippen LogP contribution in [0.15, 0.2) is 0 Å². The lowest BCUT2D eigenvalue weighted by Crippen LogP contribution is -1.83. The monoisotopic (exact) mass is 58.0 g/mol. The highest BCUT2D eigenvalue weighted by molar-refractivity contribution is 6.54. The molecule has 0 heterocycles. The average molecular weight is 57.8 g/mol. The molecule has 0 aromatic rings. The zero-order valence-electron chi connectivity index (χ0n) is 2.93. The molecule has 0 unspecified atom stereocenters. The van der Waals surface area contributed by atoms with Crippen molar-refractivity contribution in [2.75, 3.05) is 0 Å². The van der Waals surface area contributed by atoms with Gasteiger partial charge in [-0.25, -0.2) is 0 Å². The molecule has 0 aliphatic carbocycles. The third-order valence-electron chi connectivity index (χ3n) is 0. The first kappa shape index (κ1) is 1.82. The topological polar surface area (TPSA) is 37.3 Å². The van der Waals surface area contributed by atoms with Gasteiger partial charge in [-0.2, -0.15) is 0 Å². The summed E-state index contributed by atoms with van der Waals surface area (Å²) in [7, 11) is 0.333. The highest BCUT2D eigenvalue weighted by Gasteiger charge is 1.66. The van der Waals surface area contributed by atoms with Crippen LogP contribution in [0.1, 0.15) is 0 Å². The van der Waals surface area contributed by atoms with Crippen LogP contribution in [-0.4, -0.2) is 20.1 Å². The molecule has 4 heavy (non-hydrogen) atoms. The minimum Gasteiger partial charge on any atom is -0.490 e. The Labute approximate surface area is 26.2 Å². The van der Waals surface area contributed by atoms with Gasteiger partial charge in [-0.3, -0.25) is 4.79 Å². The maximum atomic E-state index is 9.12. The lowest BCUT2D eigenvalue weighted by molar-refractivity contribution is 0.220. The van der Waals surface area contributed by atoms with E-state index in [2.05, 4.69) is 0 Å². The molecule has 0 aliphatic rings. The molecule has 0 aromatic heterocycles. The van der Waals surface area contributed by atoms with Gasteiger partial charge in [0.05, 0.1) is 0 Å². The van der Waals surface area contributed by atoms with Gasteiger partial charge >= 0.3 is 0 Å². The fraction of sp³-hybridized carbons (Fsp3) is 0. The zero-order valence-corrected chi connectivity index (χ0v) is 1.93. The van der Waals surface area contributed by atoms with Gasteiger partial charge in [0.2, 0.25) is 13.7 Å². The lowest BCUT2D eigenvalue weighted by Gasteiger charge is -1.59. The van der Waals surface area contributed by atoms with Crippen LogP contribution in [0.2, 0.25) is 0 Å². The molecular weight excluding hydrogens is 54.8 g/mol. The Morgan fingerprint density at radius 2 is 2.75 bits per heavy atom. The van der Waals surface area contributed by atoms with Gasteiger partial charge in [0, 0.05) is 0 Å². The largest absolute Gasteiger partial charge is 0.490 e. The van der Waals surface area contributed by atoms with Crippen molar-refractivity contribution in [1.82, 2.24) is 0 Å². The molecule has 0 saturated carbocycles. The Hall–Kier alpha value is -0.465. The van der Waals surface area contributed by atoms with E-state index in [1.165, 1.54) is 0 Å². The number of carbonyl (C=O) groups is 1. The van der Waals surface area contributed by atoms with Crippen molar-refractivity contribution < 1.29 is 9.90 Å². The second-order valence-corrected chi connectivity index (χ2v) is 0.338. The van der Waals surface area contributed by atoms with E-state index in [4.69, 9.17) is 11.2 Å². The molecule has 1 N–H and O–H groups in total. The van der Waals surface area contributed by atoms with Crippen LogP contribution in [0.3, 0.4) is 0 Å². The van der Waals surface area contributed by atoms with E-state index < -0.39 is 5.87 Å². The summed E-state index contributed by atoms with van der Waals surface area (Å²) in [6, 6.07) is 0. The fourth-order valence-corrected chi connectivity index (χ4v) is 0. The number of carboxylic acid groups (broad SMARTS) is 1. The molecule has 0 fully saturated rings. The first-order valence-corrected chi connectivity index (χ1v) is 0.716. The summed E-state index contributed by atoms with van der Waals surface area (Å²) in [5, 5.41) is 7.48. The standard InChI is InChI=1S/CH2BO2/c2-1(3)4/h2H,(H,3,4)/i2D. The normalized spacial score (nSPS) is 8.50. The molecule has 1 radical (unpaired) electrons. The van der Waals surface area contributed by atoms with E-state index in [1.54, 1.807) is 0 Å². The molecule has 2 nitrogen and oxygen atoms in total. The summed E-state index contributed by atoms with van der Waals surface area (Å²) in [5.41, 5.74) is 0. The zero-order chi connectivity index (χ0) is 4.28. The Bertz CT molecular complexity index is 44.9. The molecule has 0 aliphatic heterocycles. The first-order chi connectivity index (χ1) is 2.27. The maximum Gasteiger partial charge on any atom is 0.239 e. The number of hydrogen-bond donors (Lipinski definition) is 1. The minimum absolute atomic E-state index is 0.333. The van der Waals surface area contributed by atoms with Gasteiger partial charge in [0.15, 0.2) is 0 Å². The molecule has 0 atom stereocenters. The highest BCUT2D eigenvalue weighted by atomic mass is 16.4. The summed E-state index contributed by atoms with van der Waals surface area (Å²) in [5.74, 6) is -1.20. The predicted molar refractivity (Wildman–Crippen MR) is 15.2 cm³/mol. The SMILES string of the molecule is [2H][B]C(=O)O. The summed E-state index contributed by atoms with van der Waals surface area (Å²) in [6.45, 7) is 0. The van der Waals surface area contributed by atoms with Crippen molar-refractivity contribution in [3.05, 3.63) is 0 Å². The van der Waals surface area contributed by atoms with Crippen molar-refractivity contribution in [3.8, 4) is 0 Å². The average Bonchev–Trinajstić information content (AvgIpc) is 1.38. The molecule has 3 heteroatoms. The van der Waals surface area contributed by atoms with Crippen molar-refractivity contribution in [2.24, 2.45) is 0 Å². The van der Waals surface area contributed by atoms with Crippen LogP contribution in [0, 0.1) is 0 Å². The molecule has 0 aromatic carbocycles. The van der Waals surface area contributed by atoms with E-state index in [9.17, 15) is 0 Å².